The third-order valence-corrected chi connectivity index (χ3v) is 4.93. The molecule has 2 N–H and O–H groups in total. The Morgan fingerprint density at radius 3 is 2.71 bits per heavy atom. The van der Waals surface area contributed by atoms with Gasteiger partial charge in [0.25, 0.3) is 5.56 Å². The average Bonchev–Trinajstić information content (AvgIpc) is 3.18. The first kappa shape index (κ1) is 18.0. The van der Waals surface area contributed by atoms with Crippen molar-refractivity contribution >= 4 is 22.5 Å². The monoisotopic (exact) mass is 379 g/mol. The maximum atomic E-state index is 12.5. The molecule has 0 unspecified atom stereocenters. The summed E-state index contributed by atoms with van der Waals surface area (Å²) in [5.41, 5.74) is -0.0572. The molecule has 7 nitrogen and oxygen atoms in total. The maximum absolute atomic E-state index is 12.5. The largest absolute Gasteiger partial charge is 0.490 e. The molecule has 0 atom stereocenters. The summed E-state index contributed by atoms with van der Waals surface area (Å²) in [6, 6.07) is 13.9. The number of carbonyl (C=O) groups excluding carboxylic acids is 1. The number of carbonyl (C=O) groups is 1. The van der Waals surface area contributed by atoms with Crippen molar-refractivity contribution in [1.29, 1.82) is 0 Å². The van der Waals surface area contributed by atoms with Crippen LogP contribution >= 0.6 is 0 Å². The lowest BCUT2D eigenvalue weighted by molar-refractivity contribution is -0.116. The Morgan fingerprint density at radius 2 is 1.89 bits per heavy atom. The van der Waals surface area contributed by atoms with Crippen LogP contribution in [0, 0.1) is 0 Å². The predicted octanol–water partition coefficient (Wildman–Crippen LogP) is 2.65. The van der Waals surface area contributed by atoms with Crippen LogP contribution in [-0.2, 0) is 11.3 Å². The number of ether oxygens (including phenoxy) is 1. The number of amides is 1. The lowest BCUT2D eigenvalue weighted by atomic mass is 10.2. The number of anilines is 1. The molecule has 0 aliphatic heterocycles. The minimum Gasteiger partial charge on any atom is -0.490 e. The summed E-state index contributed by atoms with van der Waals surface area (Å²) in [4.78, 5) is 38.9. The molecular weight excluding hydrogens is 358 g/mol. The Morgan fingerprint density at radius 1 is 1.11 bits per heavy atom. The van der Waals surface area contributed by atoms with Gasteiger partial charge >= 0.3 is 5.69 Å². The summed E-state index contributed by atoms with van der Waals surface area (Å²) in [7, 11) is 0. The molecule has 7 heteroatoms. The van der Waals surface area contributed by atoms with Crippen molar-refractivity contribution in [3.8, 4) is 5.75 Å². The normalized spacial score (nSPS) is 14.3. The van der Waals surface area contributed by atoms with E-state index in [9.17, 15) is 14.4 Å². The molecule has 1 aromatic heterocycles. The lowest BCUT2D eigenvalue weighted by Crippen LogP contribution is -2.34. The van der Waals surface area contributed by atoms with Crippen LogP contribution in [0.5, 0.6) is 5.75 Å². The Bertz CT molecular complexity index is 1130. The average molecular weight is 379 g/mol. The summed E-state index contributed by atoms with van der Waals surface area (Å²) in [5.74, 6) is 0.355. The van der Waals surface area contributed by atoms with Crippen molar-refractivity contribution < 1.29 is 9.53 Å². The zero-order valence-electron chi connectivity index (χ0n) is 15.3. The zero-order chi connectivity index (χ0) is 19.5. The summed E-state index contributed by atoms with van der Waals surface area (Å²) in [5, 5.41) is 3.15. The van der Waals surface area contributed by atoms with E-state index < -0.39 is 11.2 Å². The zero-order valence-corrected chi connectivity index (χ0v) is 15.3. The molecule has 1 fully saturated rings. The van der Waals surface area contributed by atoms with Gasteiger partial charge in [0.2, 0.25) is 5.91 Å². The lowest BCUT2D eigenvalue weighted by Gasteiger charge is -2.14. The Hall–Kier alpha value is -3.35. The molecule has 1 amide bonds. The molecule has 28 heavy (non-hydrogen) atoms. The smallest absolute Gasteiger partial charge is 0.329 e. The first-order valence-electron chi connectivity index (χ1n) is 9.38. The van der Waals surface area contributed by atoms with Gasteiger partial charge in [-0.25, -0.2) is 4.79 Å². The van der Waals surface area contributed by atoms with Crippen LogP contribution in [0.15, 0.2) is 58.1 Å². The minimum absolute atomic E-state index is 0.205. The van der Waals surface area contributed by atoms with E-state index in [2.05, 4.69) is 10.3 Å². The molecule has 0 spiro atoms. The van der Waals surface area contributed by atoms with Gasteiger partial charge in [0.05, 0.1) is 17.0 Å². The highest BCUT2D eigenvalue weighted by molar-refractivity contribution is 5.91. The number of fused-ring (bicyclic) bond motifs is 1. The van der Waals surface area contributed by atoms with Crippen molar-refractivity contribution in [3.05, 3.63) is 69.4 Å². The van der Waals surface area contributed by atoms with E-state index in [0.717, 1.165) is 18.6 Å². The fourth-order valence-electron chi connectivity index (χ4n) is 3.59. The van der Waals surface area contributed by atoms with E-state index in [1.54, 1.807) is 36.4 Å². The maximum Gasteiger partial charge on any atom is 0.329 e. The number of aromatic amines is 1. The van der Waals surface area contributed by atoms with Crippen LogP contribution in [0.25, 0.3) is 10.9 Å². The van der Waals surface area contributed by atoms with Crippen LogP contribution in [-0.4, -0.2) is 21.6 Å². The second kappa shape index (κ2) is 7.72. The Kier molecular flexibility index (Phi) is 4.97. The van der Waals surface area contributed by atoms with Gasteiger partial charge in [-0.3, -0.25) is 19.1 Å². The predicted molar refractivity (Wildman–Crippen MR) is 107 cm³/mol. The van der Waals surface area contributed by atoms with E-state index in [-0.39, 0.29) is 18.6 Å². The summed E-state index contributed by atoms with van der Waals surface area (Å²) >= 11 is 0. The van der Waals surface area contributed by atoms with Crippen molar-refractivity contribution in [3.63, 3.8) is 0 Å². The molecule has 144 valence electrons. The summed E-state index contributed by atoms with van der Waals surface area (Å²) in [6.45, 7) is -0.205. The van der Waals surface area contributed by atoms with Gasteiger partial charge in [0.1, 0.15) is 12.3 Å². The highest BCUT2D eigenvalue weighted by Gasteiger charge is 2.17. The van der Waals surface area contributed by atoms with Crippen LogP contribution in [0.3, 0.4) is 0 Å². The van der Waals surface area contributed by atoms with Crippen LogP contribution in [0.2, 0.25) is 0 Å². The third-order valence-electron chi connectivity index (χ3n) is 4.93. The molecule has 1 aliphatic rings. The van der Waals surface area contributed by atoms with Gasteiger partial charge in [-0.05, 0) is 49.9 Å². The van der Waals surface area contributed by atoms with E-state index in [0.29, 0.717) is 16.6 Å². The molecular formula is C21H21N3O4. The van der Waals surface area contributed by atoms with E-state index in [1.807, 2.05) is 12.1 Å². The number of benzene rings is 2. The highest BCUT2D eigenvalue weighted by Crippen LogP contribution is 2.25. The first-order chi connectivity index (χ1) is 13.6. The van der Waals surface area contributed by atoms with Gasteiger partial charge < -0.3 is 10.1 Å². The highest BCUT2D eigenvalue weighted by atomic mass is 16.5. The van der Waals surface area contributed by atoms with Gasteiger partial charge in [-0.15, -0.1) is 0 Å². The SMILES string of the molecule is O=C(Cn1c(=O)[nH]c(=O)c2ccccc21)Nc1cccc(OC2CCCC2)c1. The van der Waals surface area contributed by atoms with Crippen molar-refractivity contribution in [1.82, 2.24) is 9.55 Å². The van der Waals surface area contributed by atoms with Crippen molar-refractivity contribution in [2.24, 2.45) is 0 Å². The summed E-state index contributed by atoms with van der Waals surface area (Å²) in [6.07, 6.45) is 4.71. The molecule has 2 aromatic carbocycles. The molecule has 1 saturated carbocycles. The first-order valence-corrected chi connectivity index (χ1v) is 9.38. The van der Waals surface area contributed by atoms with E-state index in [4.69, 9.17) is 4.74 Å². The molecule has 1 aliphatic carbocycles. The second-order valence-corrected chi connectivity index (χ2v) is 6.96. The number of hydrogen-bond donors (Lipinski definition) is 2. The fourth-order valence-corrected chi connectivity index (χ4v) is 3.59. The molecule has 0 radical (unpaired) electrons. The van der Waals surface area contributed by atoms with Crippen LogP contribution < -0.4 is 21.3 Å². The van der Waals surface area contributed by atoms with Gasteiger partial charge in [0, 0.05) is 11.8 Å². The third kappa shape index (κ3) is 3.83. The standard InChI is InChI=1S/C21H21N3O4/c25-19(13-24-18-11-4-3-10-17(18)20(26)23-21(24)27)22-14-6-5-9-16(12-14)28-15-7-1-2-8-15/h3-6,9-12,15H,1-2,7-8,13H2,(H,22,25)(H,23,26,27). The van der Waals surface area contributed by atoms with E-state index in [1.165, 1.54) is 17.4 Å². The van der Waals surface area contributed by atoms with Crippen molar-refractivity contribution in [2.45, 2.75) is 38.3 Å². The molecule has 4 rings (SSSR count). The quantitative estimate of drug-likeness (QED) is 0.713. The number of aromatic nitrogens is 2. The van der Waals surface area contributed by atoms with Gasteiger partial charge in [-0.1, -0.05) is 18.2 Å². The minimum atomic E-state index is -0.614. The number of H-pyrrole nitrogens is 1. The molecule has 1 heterocycles. The number of hydrogen-bond acceptors (Lipinski definition) is 4. The number of nitrogens with zero attached hydrogens (tertiary/aromatic N) is 1. The number of para-hydroxylation sites is 1. The topological polar surface area (TPSA) is 93.2 Å². The van der Waals surface area contributed by atoms with Crippen LogP contribution in [0.4, 0.5) is 5.69 Å². The van der Waals surface area contributed by atoms with Crippen LogP contribution in [0.1, 0.15) is 25.7 Å². The number of nitrogens with one attached hydrogen (secondary N) is 2. The molecule has 0 bridgehead atoms. The second-order valence-electron chi connectivity index (χ2n) is 6.96. The summed E-state index contributed by atoms with van der Waals surface area (Å²) < 4.78 is 7.21. The van der Waals surface area contributed by atoms with Gasteiger partial charge in [-0.2, -0.15) is 0 Å². The van der Waals surface area contributed by atoms with E-state index >= 15 is 0 Å². The van der Waals surface area contributed by atoms with Gasteiger partial charge in [0.15, 0.2) is 0 Å². The number of rotatable bonds is 5. The fraction of sp³-hybridized carbons (Fsp3) is 0.286. The van der Waals surface area contributed by atoms with Crippen molar-refractivity contribution in [2.75, 3.05) is 5.32 Å². The molecule has 0 saturated heterocycles. The Balaban J connectivity index is 1.52. The molecule has 3 aromatic rings. The Labute approximate surface area is 161 Å².